The van der Waals surface area contributed by atoms with Gasteiger partial charge in [0.05, 0.1) is 39.0 Å². The summed E-state index contributed by atoms with van der Waals surface area (Å²) in [6.45, 7) is 7.31. The molecule has 4 aromatic carbocycles. The van der Waals surface area contributed by atoms with Crippen LogP contribution in [0.4, 0.5) is 11.4 Å². The van der Waals surface area contributed by atoms with E-state index >= 15 is 0 Å². The molecule has 0 fully saturated rings. The summed E-state index contributed by atoms with van der Waals surface area (Å²) in [5.74, 6) is 0.376. The summed E-state index contributed by atoms with van der Waals surface area (Å²) in [5, 5.41) is 34.9. The van der Waals surface area contributed by atoms with Crippen molar-refractivity contribution in [3.8, 4) is 6.07 Å². The van der Waals surface area contributed by atoms with Gasteiger partial charge in [0.1, 0.15) is 0 Å². The Kier molecular flexibility index (Phi) is 12.6. The van der Waals surface area contributed by atoms with Crippen molar-refractivity contribution in [2.24, 2.45) is 0 Å². The molecule has 2 heterocycles. The molecule has 2 atom stereocenters. The number of carbonyl (C=O) groups excluding carboxylic acids is 2. The van der Waals surface area contributed by atoms with E-state index in [2.05, 4.69) is 19.1 Å². The third-order valence-corrected chi connectivity index (χ3v) is 8.56. The van der Waals surface area contributed by atoms with Crippen LogP contribution in [0.2, 0.25) is 0 Å². The maximum Gasteiger partial charge on any atom is 0.258 e. The molecule has 0 saturated heterocycles. The fourth-order valence-electron chi connectivity index (χ4n) is 5.73. The van der Waals surface area contributed by atoms with Gasteiger partial charge in [-0.3, -0.25) is 9.59 Å². The van der Waals surface area contributed by atoms with Crippen LogP contribution in [0, 0.1) is 11.3 Å². The van der Waals surface area contributed by atoms with E-state index in [1.54, 1.807) is 35.1 Å². The maximum absolute atomic E-state index is 12.6. The highest BCUT2D eigenvalue weighted by molar-refractivity contribution is 6.10. The molecule has 2 aliphatic rings. The van der Waals surface area contributed by atoms with Crippen LogP contribution in [0.1, 0.15) is 86.7 Å². The van der Waals surface area contributed by atoms with Crippen LogP contribution in [0.5, 0.6) is 0 Å². The van der Waals surface area contributed by atoms with E-state index in [9.17, 15) is 24.9 Å². The van der Waals surface area contributed by atoms with Crippen molar-refractivity contribution in [1.82, 2.24) is 0 Å². The summed E-state index contributed by atoms with van der Waals surface area (Å²) in [5.41, 5.74) is 8.85. The second-order valence-corrected chi connectivity index (χ2v) is 11.9. The number of amides is 2. The molecule has 4 aromatic rings. The third kappa shape index (κ3) is 8.16. The molecular formula is C39H43N3O6. The molecule has 0 saturated carbocycles. The SMILES string of the molecule is CC#N.CC(CO)c1ccc(N2Cc3ccc(CO)cc3C2=O)cc1.COCC(C)c1ccc(N2Cc3ccc(CO)cc3C2=O)cc1. The lowest BCUT2D eigenvalue weighted by molar-refractivity contribution is 0.0988. The van der Waals surface area contributed by atoms with Crippen LogP contribution in [-0.2, 0) is 31.0 Å². The average Bonchev–Trinajstić information content (AvgIpc) is 3.63. The Balaban J connectivity index is 0.000000201. The molecule has 0 radical (unpaired) electrons. The molecule has 0 aromatic heterocycles. The minimum atomic E-state index is -0.0612. The summed E-state index contributed by atoms with van der Waals surface area (Å²) >= 11 is 0. The lowest BCUT2D eigenvalue weighted by atomic mass is 10.0. The molecule has 6 rings (SSSR count). The molecule has 2 unspecified atom stereocenters. The maximum atomic E-state index is 12.6. The highest BCUT2D eigenvalue weighted by Gasteiger charge is 2.30. The van der Waals surface area contributed by atoms with Gasteiger partial charge in [0.25, 0.3) is 11.8 Å². The standard InChI is InChI=1S/C19H21NO3.C18H19NO3.C2H3N/c1-13(12-23-2)15-5-7-17(8-6-15)20-10-16-4-3-14(11-21)9-18(16)19(20)22;1-12(10-20)14-4-6-16(7-5-14)19-9-15-3-2-13(11-21)8-17(15)18(19)22;1-2-3/h3-9,13,21H,10-12H2,1-2H3;2-8,12,20-21H,9-11H2,1H3;1H3. The monoisotopic (exact) mass is 649 g/mol. The van der Waals surface area contributed by atoms with Gasteiger partial charge in [-0.15, -0.1) is 0 Å². The highest BCUT2D eigenvalue weighted by atomic mass is 16.5. The molecule has 9 heteroatoms. The van der Waals surface area contributed by atoms with Crippen molar-refractivity contribution in [2.45, 2.75) is 58.9 Å². The first-order valence-electron chi connectivity index (χ1n) is 15.9. The first-order valence-corrected chi connectivity index (χ1v) is 15.9. The van der Waals surface area contributed by atoms with Crippen LogP contribution in [0.25, 0.3) is 0 Å². The molecule has 0 bridgehead atoms. The van der Waals surface area contributed by atoms with E-state index in [1.165, 1.54) is 12.5 Å². The van der Waals surface area contributed by atoms with Crippen molar-refractivity contribution in [1.29, 1.82) is 5.26 Å². The van der Waals surface area contributed by atoms with E-state index in [-0.39, 0.29) is 37.6 Å². The number of anilines is 2. The van der Waals surface area contributed by atoms with Gasteiger partial charge in [0.15, 0.2) is 0 Å². The number of aliphatic hydroxyl groups is 3. The normalized spacial score (nSPS) is 14.2. The summed E-state index contributed by atoms with van der Waals surface area (Å²) in [6, 6.07) is 28.6. The summed E-state index contributed by atoms with van der Waals surface area (Å²) in [6.07, 6.45) is 0. The van der Waals surface area contributed by atoms with Gasteiger partial charge in [-0.2, -0.15) is 5.26 Å². The van der Waals surface area contributed by atoms with Crippen LogP contribution in [0.3, 0.4) is 0 Å². The molecule has 0 aliphatic carbocycles. The van der Waals surface area contributed by atoms with Gasteiger partial charge >= 0.3 is 0 Å². The molecular weight excluding hydrogens is 606 g/mol. The number of aliphatic hydroxyl groups excluding tert-OH is 3. The van der Waals surface area contributed by atoms with Gasteiger partial charge in [-0.05, 0) is 69.8 Å². The first kappa shape index (κ1) is 36.0. The van der Waals surface area contributed by atoms with Crippen molar-refractivity contribution in [3.63, 3.8) is 0 Å². The Labute approximate surface area is 282 Å². The van der Waals surface area contributed by atoms with Gasteiger partial charge in [0, 0.05) is 55.0 Å². The number of hydrogen-bond acceptors (Lipinski definition) is 7. The fourth-order valence-corrected chi connectivity index (χ4v) is 5.73. The third-order valence-electron chi connectivity index (χ3n) is 8.56. The van der Waals surface area contributed by atoms with Crippen molar-refractivity contribution in [3.05, 3.63) is 129 Å². The van der Waals surface area contributed by atoms with E-state index in [1.807, 2.05) is 67.6 Å². The minimum absolute atomic E-state index is 0.00649. The van der Waals surface area contributed by atoms with E-state index < -0.39 is 0 Å². The Bertz CT molecular complexity index is 1750. The minimum Gasteiger partial charge on any atom is -0.396 e. The number of nitrogens with zero attached hydrogens (tertiary/aromatic N) is 3. The zero-order chi connectivity index (χ0) is 34.8. The topological polar surface area (TPSA) is 134 Å². The zero-order valence-corrected chi connectivity index (χ0v) is 27.9. The quantitative estimate of drug-likeness (QED) is 0.201. The fraction of sp³-hybridized carbons (Fsp3) is 0.308. The number of rotatable bonds is 9. The van der Waals surface area contributed by atoms with Gasteiger partial charge in [-0.25, -0.2) is 0 Å². The molecule has 9 nitrogen and oxygen atoms in total. The number of carbonyl (C=O) groups is 2. The lowest BCUT2D eigenvalue weighted by Gasteiger charge is -2.17. The van der Waals surface area contributed by atoms with Crippen molar-refractivity contribution < 1.29 is 29.6 Å². The number of hydrogen-bond donors (Lipinski definition) is 3. The van der Waals surface area contributed by atoms with Crippen molar-refractivity contribution >= 4 is 23.2 Å². The number of fused-ring (bicyclic) bond motifs is 2. The van der Waals surface area contributed by atoms with Crippen LogP contribution >= 0.6 is 0 Å². The second-order valence-electron chi connectivity index (χ2n) is 11.9. The van der Waals surface area contributed by atoms with Crippen molar-refractivity contribution in [2.75, 3.05) is 30.1 Å². The van der Waals surface area contributed by atoms with Gasteiger partial charge in [0.2, 0.25) is 0 Å². The van der Waals surface area contributed by atoms with Gasteiger partial charge < -0.3 is 29.9 Å². The van der Waals surface area contributed by atoms with Crippen LogP contribution < -0.4 is 9.80 Å². The Morgan fingerprint density at radius 2 is 1.10 bits per heavy atom. The molecule has 2 amide bonds. The zero-order valence-electron chi connectivity index (χ0n) is 27.9. The summed E-state index contributed by atoms with van der Waals surface area (Å²) < 4.78 is 5.18. The predicted molar refractivity (Wildman–Crippen MR) is 186 cm³/mol. The first-order chi connectivity index (χ1) is 23.2. The smallest absolute Gasteiger partial charge is 0.258 e. The molecule has 48 heavy (non-hydrogen) atoms. The largest absolute Gasteiger partial charge is 0.396 e. The van der Waals surface area contributed by atoms with Crippen LogP contribution in [-0.4, -0.2) is 47.5 Å². The second kappa shape index (κ2) is 16.8. The number of nitriles is 1. The van der Waals surface area contributed by atoms with E-state index in [0.29, 0.717) is 36.7 Å². The molecule has 0 spiro atoms. The molecule has 3 N–H and O–H groups in total. The Hall–Kier alpha value is -4.85. The number of methoxy groups -OCH3 is 1. The Morgan fingerprint density at radius 1 is 0.708 bits per heavy atom. The summed E-state index contributed by atoms with van der Waals surface area (Å²) in [4.78, 5) is 28.7. The highest BCUT2D eigenvalue weighted by Crippen LogP contribution is 2.31. The summed E-state index contributed by atoms with van der Waals surface area (Å²) in [7, 11) is 1.70. The Morgan fingerprint density at radius 3 is 1.46 bits per heavy atom. The molecule has 250 valence electrons. The van der Waals surface area contributed by atoms with Gasteiger partial charge in [-0.1, -0.05) is 62.4 Å². The van der Waals surface area contributed by atoms with Crippen LogP contribution in [0.15, 0.2) is 84.9 Å². The van der Waals surface area contributed by atoms with E-state index in [0.717, 1.165) is 39.2 Å². The number of ether oxygens (including phenoxy) is 1. The molecule has 2 aliphatic heterocycles. The van der Waals surface area contributed by atoms with E-state index in [4.69, 9.17) is 10.00 Å². The predicted octanol–water partition coefficient (Wildman–Crippen LogP) is 6.05. The average molecular weight is 650 g/mol. The lowest BCUT2D eigenvalue weighted by Crippen LogP contribution is -2.23. The number of benzene rings is 4.